The molecule has 2 aromatic carbocycles. The van der Waals surface area contributed by atoms with Crippen LogP contribution in [0.15, 0.2) is 52.6 Å². The zero-order valence-electron chi connectivity index (χ0n) is 14.5. The van der Waals surface area contributed by atoms with E-state index in [1.54, 1.807) is 17.5 Å². The van der Waals surface area contributed by atoms with Crippen molar-refractivity contribution in [3.05, 3.63) is 63.8 Å². The Morgan fingerprint density at radius 2 is 1.86 bits per heavy atom. The molecule has 1 aliphatic heterocycles. The van der Waals surface area contributed by atoms with Crippen molar-refractivity contribution < 1.29 is 22.6 Å². The van der Waals surface area contributed by atoms with E-state index in [9.17, 15) is 18.0 Å². The third-order valence-corrected chi connectivity index (χ3v) is 5.46. The fourth-order valence-corrected chi connectivity index (χ4v) is 3.94. The third-order valence-electron chi connectivity index (χ3n) is 4.57. The van der Waals surface area contributed by atoms with E-state index in [0.717, 1.165) is 17.7 Å². The Balaban J connectivity index is 1.54. The molecule has 4 aromatic rings. The highest BCUT2D eigenvalue weighted by molar-refractivity contribution is 7.13. The Morgan fingerprint density at radius 3 is 2.69 bits per heavy atom. The van der Waals surface area contributed by atoms with Crippen LogP contribution in [0.3, 0.4) is 0 Å². The van der Waals surface area contributed by atoms with Gasteiger partial charge in [-0.2, -0.15) is 13.2 Å². The SMILES string of the molecule is O=c1[nH]c2cc(C(F)(F)F)ccc2cc1-c1csc(-c2ccc3c(c2)OCO3)n1. The smallest absolute Gasteiger partial charge is 0.416 e. The van der Waals surface area contributed by atoms with Gasteiger partial charge >= 0.3 is 6.18 Å². The standard InChI is InChI=1S/C20H11F3N2O3S/c21-20(22,23)12-3-1-10-5-13(18(26)24-14(10)7-12)15-8-29-19(25-15)11-2-4-16-17(6-11)28-9-27-16/h1-8H,9H2,(H,24,26). The Morgan fingerprint density at radius 1 is 1.03 bits per heavy atom. The number of thiazole rings is 1. The van der Waals surface area contributed by atoms with Gasteiger partial charge in [-0.15, -0.1) is 11.3 Å². The Kier molecular flexibility index (Phi) is 3.88. The summed E-state index contributed by atoms with van der Waals surface area (Å²) in [5, 5.41) is 2.91. The van der Waals surface area contributed by atoms with Crippen molar-refractivity contribution in [3.8, 4) is 33.3 Å². The first kappa shape index (κ1) is 17.7. The molecule has 0 atom stereocenters. The summed E-state index contributed by atoms with van der Waals surface area (Å²) in [6, 6.07) is 10.3. The Labute approximate surface area is 165 Å². The molecular weight excluding hydrogens is 405 g/mol. The second-order valence-electron chi connectivity index (χ2n) is 6.42. The van der Waals surface area contributed by atoms with E-state index in [1.807, 2.05) is 12.1 Å². The highest BCUT2D eigenvalue weighted by Gasteiger charge is 2.30. The van der Waals surface area contributed by atoms with Gasteiger partial charge in [0.1, 0.15) is 5.01 Å². The Bertz CT molecular complexity index is 1310. The lowest BCUT2D eigenvalue weighted by Gasteiger charge is -2.08. The number of alkyl halides is 3. The molecule has 0 spiro atoms. The van der Waals surface area contributed by atoms with E-state index in [4.69, 9.17) is 9.47 Å². The molecule has 29 heavy (non-hydrogen) atoms. The van der Waals surface area contributed by atoms with E-state index in [-0.39, 0.29) is 12.3 Å². The minimum absolute atomic E-state index is 0.125. The van der Waals surface area contributed by atoms with E-state index < -0.39 is 17.3 Å². The predicted octanol–water partition coefficient (Wildman–Crippen LogP) is 5.07. The molecule has 0 saturated heterocycles. The summed E-state index contributed by atoms with van der Waals surface area (Å²) in [7, 11) is 0. The molecule has 0 bridgehead atoms. The second kappa shape index (κ2) is 6.35. The normalized spacial score (nSPS) is 13.2. The number of benzene rings is 2. The van der Waals surface area contributed by atoms with Crippen molar-refractivity contribution in [1.29, 1.82) is 0 Å². The number of aromatic amines is 1. The van der Waals surface area contributed by atoms with Crippen LogP contribution in [0.4, 0.5) is 13.2 Å². The van der Waals surface area contributed by atoms with Crippen LogP contribution in [0.2, 0.25) is 0 Å². The maximum absolute atomic E-state index is 12.9. The summed E-state index contributed by atoms with van der Waals surface area (Å²) >= 11 is 1.35. The largest absolute Gasteiger partial charge is 0.454 e. The number of rotatable bonds is 2. The van der Waals surface area contributed by atoms with Gasteiger partial charge in [0, 0.05) is 16.5 Å². The zero-order valence-corrected chi connectivity index (χ0v) is 15.4. The van der Waals surface area contributed by atoms with Gasteiger partial charge in [-0.3, -0.25) is 4.79 Å². The molecular formula is C20H11F3N2O3S. The summed E-state index contributed by atoms with van der Waals surface area (Å²) in [5.41, 5.74) is 0.370. The number of nitrogens with one attached hydrogen (secondary N) is 1. The minimum atomic E-state index is -4.47. The molecule has 146 valence electrons. The minimum Gasteiger partial charge on any atom is -0.454 e. The van der Waals surface area contributed by atoms with Gasteiger partial charge in [0.2, 0.25) is 6.79 Å². The van der Waals surface area contributed by atoms with Gasteiger partial charge in [0.05, 0.1) is 16.8 Å². The fourth-order valence-electron chi connectivity index (χ4n) is 3.13. The molecule has 0 fully saturated rings. The molecule has 1 aliphatic rings. The van der Waals surface area contributed by atoms with Crippen LogP contribution in [0.1, 0.15) is 5.56 Å². The summed E-state index contributed by atoms with van der Waals surface area (Å²) in [4.78, 5) is 19.5. The number of pyridine rings is 1. The molecule has 0 saturated carbocycles. The number of halogens is 3. The highest BCUT2D eigenvalue weighted by Crippen LogP contribution is 2.37. The molecule has 5 nitrogen and oxygen atoms in total. The summed E-state index contributed by atoms with van der Waals surface area (Å²) in [6.45, 7) is 0.171. The first-order valence-corrected chi connectivity index (χ1v) is 9.37. The molecule has 3 heterocycles. The Hall–Kier alpha value is -3.33. The van der Waals surface area contributed by atoms with Gasteiger partial charge < -0.3 is 14.5 Å². The first-order valence-electron chi connectivity index (χ1n) is 8.49. The average molecular weight is 416 g/mol. The van der Waals surface area contributed by atoms with Gasteiger partial charge in [-0.25, -0.2) is 4.98 Å². The van der Waals surface area contributed by atoms with Crippen LogP contribution in [-0.4, -0.2) is 16.8 Å². The van der Waals surface area contributed by atoms with Crippen molar-refractivity contribution in [3.63, 3.8) is 0 Å². The molecule has 5 rings (SSSR count). The quantitative estimate of drug-likeness (QED) is 0.496. The number of hydrogen-bond acceptors (Lipinski definition) is 5. The van der Waals surface area contributed by atoms with E-state index in [2.05, 4.69) is 9.97 Å². The molecule has 0 amide bonds. The monoisotopic (exact) mass is 416 g/mol. The van der Waals surface area contributed by atoms with Crippen molar-refractivity contribution in [1.82, 2.24) is 9.97 Å². The van der Waals surface area contributed by atoms with Crippen LogP contribution in [0.25, 0.3) is 32.7 Å². The zero-order chi connectivity index (χ0) is 20.2. The van der Waals surface area contributed by atoms with Crippen LogP contribution in [0.5, 0.6) is 11.5 Å². The summed E-state index contributed by atoms with van der Waals surface area (Å²) in [6.07, 6.45) is -4.47. The maximum Gasteiger partial charge on any atom is 0.416 e. The van der Waals surface area contributed by atoms with Crippen LogP contribution in [-0.2, 0) is 6.18 Å². The van der Waals surface area contributed by atoms with Gasteiger partial charge in [0.25, 0.3) is 5.56 Å². The molecule has 2 aromatic heterocycles. The number of ether oxygens (including phenoxy) is 2. The molecule has 9 heteroatoms. The van der Waals surface area contributed by atoms with Crippen LogP contribution >= 0.6 is 11.3 Å². The number of H-pyrrole nitrogens is 1. The number of fused-ring (bicyclic) bond motifs is 2. The lowest BCUT2D eigenvalue weighted by Crippen LogP contribution is -2.10. The van der Waals surface area contributed by atoms with Gasteiger partial charge in [-0.1, -0.05) is 6.07 Å². The van der Waals surface area contributed by atoms with Crippen LogP contribution < -0.4 is 15.0 Å². The predicted molar refractivity (Wildman–Crippen MR) is 102 cm³/mol. The number of hydrogen-bond donors (Lipinski definition) is 1. The molecule has 0 unspecified atom stereocenters. The average Bonchev–Trinajstić information content (AvgIpc) is 3.35. The van der Waals surface area contributed by atoms with Crippen molar-refractivity contribution in [2.75, 3.05) is 6.79 Å². The number of nitrogens with zero attached hydrogens (tertiary/aromatic N) is 1. The third kappa shape index (κ3) is 3.13. The first-order chi connectivity index (χ1) is 13.9. The lowest BCUT2D eigenvalue weighted by molar-refractivity contribution is -0.137. The van der Waals surface area contributed by atoms with Crippen molar-refractivity contribution >= 4 is 22.2 Å². The van der Waals surface area contributed by atoms with Gasteiger partial charge in [-0.05, 0) is 41.8 Å². The van der Waals surface area contributed by atoms with Gasteiger partial charge in [0.15, 0.2) is 11.5 Å². The van der Waals surface area contributed by atoms with E-state index >= 15 is 0 Å². The molecule has 0 radical (unpaired) electrons. The summed E-state index contributed by atoms with van der Waals surface area (Å²) < 4.78 is 49.3. The van der Waals surface area contributed by atoms with Crippen molar-refractivity contribution in [2.24, 2.45) is 0 Å². The molecule has 0 aliphatic carbocycles. The lowest BCUT2D eigenvalue weighted by atomic mass is 10.1. The van der Waals surface area contributed by atoms with Crippen molar-refractivity contribution in [2.45, 2.75) is 6.18 Å². The highest BCUT2D eigenvalue weighted by atomic mass is 32.1. The second-order valence-corrected chi connectivity index (χ2v) is 7.28. The summed E-state index contributed by atoms with van der Waals surface area (Å²) in [5.74, 6) is 1.29. The fraction of sp³-hybridized carbons (Fsp3) is 0.100. The topological polar surface area (TPSA) is 64.2 Å². The van der Waals surface area contributed by atoms with E-state index in [0.29, 0.717) is 33.2 Å². The van der Waals surface area contributed by atoms with E-state index in [1.165, 1.54) is 17.4 Å². The number of aromatic nitrogens is 2. The van der Waals surface area contributed by atoms with Crippen LogP contribution in [0, 0.1) is 0 Å². The molecule has 1 N–H and O–H groups in total. The maximum atomic E-state index is 12.9.